The minimum atomic E-state index is -0.390. The normalized spacial score (nSPS) is 11.1. The zero-order valence-corrected chi connectivity index (χ0v) is 10.4. The van der Waals surface area contributed by atoms with E-state index < -0.39 is 0 Å². The molecule has 0 amide bonds. The monoisotopic (exact) mass is 245 g/mol. The predicted molar refractivity (Wildman–Crippen MR) is 64.8 cm³/mol. The Hall–Kier alpha value is -0.610. The number of hydrogen-bond donors (Lipinski definition) is 1. The van der Waals surface area contributed by atoms with Gasteiger partial charge >= 0.3 is 0 Å². The Morgan fingerprint density at radius 3 is 2.75 bits per heavy atom. The van der Waals surface area contributed by atoms with Gasteiger partial charge in [0.15, 0.2) is 0 Å². The van der Waals surface area contributed by atoms with Crippen molar-refractivity contribution in [3.8, 4) is 0 Å². The van der Waals surface area contributed by atoms with Crippen molar-refractivity contribution in [3.05, 3.63) is 29.8 Å². The maximum Gasteiger partial charge on any atom is 0.136 e. The van der Waals surface area contributed by atoms with Crippen molar-refractivity contribution in [3.63, 3.8) is 0 Å². The van der Waals surface area contributed by atoms with E-state index in [2.05, 4.69) is 19.2 Å². The molecule has 90 valence electrons. The van der Waals surface area contributed by atoms with Crippen molar-refractivity contribution < 1.29 is 8.78 Å². The molecule has 0 heterocycles. The van der Waals surface area contributed by atoms with E-state index in [1.54, 1.807) is 0 Å². The lowest BCUT2D eigenvalue weighted by Crippen LogP contribution is -2.22. The van der Waals surface area contributed by atoms with Crippen molar-refractivity contribution in [2.45, 2.75) is 18.7 Å². The van der Waals surface area contributed by atoms with Gasteiger partial charge in [-0.3, -0.25) is 0 Å². The minimum Gasteiger partial charge on any atom is -0.316 e. The van der Waals surface area contributed by atoms with Gasteiger partial charge in [0.2, 0.25) is 0 Å². The molecule has 0 aliphatic rings. The molecule has 0 aliphatic carbocycles. The number of rotatable bonds is 6. The quantitative estimate of drug-likeness (QED) is 0.609. The van der Waals surface area contributed by atoms with Gasteiger partial charge in [-0.1, -0.05) is 13.8 Å². The molecule has 0 aliphatic heterocycles. The minimum absolute atomic E-state index is 0.352. The molecule has 0 atom stereocenters. The van der Waals surface area contributed by atoms with Gasteiger partial charge in [0, 0.05) is 17.2 Å². The van der Waals surface area contributed by atoms with E-state index in [-0.39, 0.29) is 11.6 Å². The second-order valence-corrected chi connectivity index (χ2v) is 5.16. The highest BCUT2D eigenvalue weighted by molar-refractivity contribution is 7.99. The average molecular weight is 245 g/mol. The second-order valence-electron chi connectivity index (χ2n) is 4.02. The molecule has 0 fully saturated rings. The summed E-state index contributed by atoms with van der Waals surface area (Å²) in [4.78, 5) is 0.381. The molecule has 1 aromatic rings. The van der Waals surface area contributed by atoms with E-state index in [1.807, 2.05) is 0 Å². The Kier molecular flexibility index (Phi) is 5.77. The molecule has 4 heteroatoms. The van der Waals surface area contributed by atoms with Crippen LogP contribution >= 0.6 is 11.8 Å². The van der Waals surface area contributed by atoms with Crippen LogP contribution in [-0.2, 0) is 0 Å². The summed E-state index contributed by atoms with van der Waals surface area (Å²) in [6, 6.07) is 3.54. The Morgan fingerprint density at radius 1 is 1.31 bits per heavy atom. The molecule has 0 spiro atoms. The molecule has 1 aromatic carbocycles. The summed E-state index contributed by atoms with van der Waals surface area (Å²) in [6.45, 7) is 6.02. The van der Waals surface area contributed by atoms with Crippen LogP contribution in [0.5, 0.6) is 0 Å². The van der Waals surface area contributed by atoms with Crippen LogP contribution in [0.15, 0.2) is 23.1 Å². The maximum atomic E-state index is 13.2. The van der Waals surface area contributed by atoms with E-state index in [0.717, 1.165) is 24.9 Å². The molecule has 0 unspecified atom stereocenters. The number of nitrogens with one attached hydrogen (secondary N) is 1. The number of benzene rings is 1. The van der Waals surface area contributed by atoms with Crippen molar-refractivity contribution in [2.24, 2.45) is 5.92 Å². The van der Waals surface area contributed by atoms with Gasteiger partial charge in [0.1, 0.15) is 11.6 Å². The molecule has 0 saturated carbocycles. The summed E-state index contributed by atoms with van der Waals surface area (Å²) in [5.41, 5.74) is 0. The summed E-state index contributed by atoms with van der Waals surface area (Å²) < 4.78 is 26.0. The van der Waals surface area contributed by atoms with Gasteiger partial charge in [-0.2, -0.15) is 0 Å². The van der Waals surface area contributed by atoms with Crippen LogP contribution < -0.4 is 5.32 Å². The molecule has 16 heavy (non-hydrogen) atoms. The second kappa shape index (κ2) is 6.86. The van der Waals surface area contributed by atoms with E-state index >= 15 is 0 Å². The van der Waals surface area contributed by atoms with Crippen LogP contribution in [0.4, 0.5) is 8.78 Å². The fraction of sp³-hybridized carbons (Fsp3) is 0.500. The summed E-state index contributed by atoms with van der Waals surface area (Å²) in [5.74, 6) is 0.609. The van der Waals surface area contributed by atoms with Gasteiger partial charge in [0.25, 0.3) is 0 Å². The van der Waals surface area contributed by atoms with E-state index in [9.17, 15) is 8.78 Å². The van der Waals surface area contributed by atoms with E-state index in [1.165, 1.54) is 23.9 Å². The van der Waals surface area contributed by atoms with Crippen molar-refractivity contribution in [1.82, 2.24) is 5.32 Å². The van der Waals surface area contributed by atoms with Gasteiger partial charge in [-0.15, -0.1) is 11.8 Å². The highest BCUT2D eigenvalue weighted by Crippen LogP contribution is 2.21. The molecule has 0 saturated heterocycles. The van der Waals surface area contributed by atoms with Crippen molar-refractivity contribution in [2.75, 3.05) is 18.8 Å². The number of halogens is 2. The average Bonchev–Trinajstić information content (AvgIpc) is 2.22. The Bertz CT molecular complexity index is 329. The molecule has 0 aromatic heterocycles. The standard InChI is InChI=1S/C12H17F2NS/c1-9(2)8-15-5-6-16-12-7-10(13)3-4-11(12)14/h3-4,7,9,15H,5-6,8H2,1-2H3. The van der Waals surface area contributed by atoms with Gasteiger partial charge in [-0.25, -0.2) is 8.78 Å². The first-order chi connectivity index (χ1) is 7.59. The number of thioether (sulfide) groups is 1. The van der Waals surface area contributed by atoms with Crippen LogP contribution in [0, 0.1) is 17.6 Å². The lowest BCUT2D eigenvalue weighted by atomic mass is 10.2. The lowest BCUT2D eigenvalue weighted by Gasteiger charge is -2.07. The molecule has 1 rings (SSSR count). The largest absolute Gasteiger partial charge is 0.316 e. The summed E-state index contributed by atoms with van der Waals surface area (Å²) >= 11 is 1.34. The van der Waals surface area contributed by atoms with Crippen molar-refractivity contribution >= 4 is 11.8 Å². The lowest BCUT2D eigenvalue weighted by molar-refractivity contribution is 0.567. The maximum absolute atomic E-state index is 13.2. The fourth-order valence-electron chi connectivity index (χ4n) is 1.21. The summed E-state index contributed by atoms with van der Waals surface area (Å²) in [6.07, 6.45) is 0. The van der Waals surface area contributed by atoms with Gasteiger partial charge < -0.3 is 5.32 Å². The van der Waals surface area contributed by atoms with Crippen LogP contribution in [0.2, 0.25) is 0 Å². The van der Waals surface area contributed by atoms with Crippen LogP contribution in [0.25, 0.3) is 0 Å². The Labute approximate surface area is 99.6 Å². The highest BCUT2D eigenvalue weighted by Gasteiger charge is 2.03. The fourth-order valence-corrected chi connectivity index (χ4v) is 2.08. The molecule has 0 radical (unpaired) electrons. The van der Waals surface area contributed by atoms with Crippen LogP contribution in [0.3, 0.4) is 0 Å². The van der Waals surface area contributed by atoms with Gasteiger partial charge in [0.05, 0.1) is 0 Å². The third kappa shape index (κ3) is 4.94. The topological polar surface area (TPSA) is 12.0 Å². The molecule has 1 nitrogen and oxygen atoms in total. The third-order valence-corrected chi connectivity index (χ3v) is 3.01. The summed E-state index contributed by atoms with van der Waals surface area (Å²) in [7, 11) is 0. The SMILES string of the molecule is CC(C)CNCCSc1cc(F)ccc1F. The van der Waals surface area contributed by atoms with Crippen molar-refractivity contribution in [1.29, 1.82) is 0 Å². The molecular weight excluding hydrogens is 228 g/mol. The first-order valence-electron chi connectivity index (χ1n) is 5.38. The Morgan fingerprint density at radius 2 is 2.06 bits per heavy atom. The Balaban J connectivity index is 2.29. The zero-order valence-electron chi connectivity index (χ0n) is 9.59. The first kappa shape index (κ1) is 13.5. The smallest absolute Gasteiger partial charge is 0.136 e. The molecular formula is C12H17F2NS. The van der Waals surface area contributed by atoms with Crippen LogP contribution in [-0.4, -0.2) is 18.8 Å². The zero-order chi connectivity index (χ0) is 12.0. The van der Waals surface area contributed by atoms with Crippen LogP contribution in [0.1, 0.15) is 13.8 Å². The molecule has 0 bridgehead atoms. The highest BCUT2D eigenvalue weighted by atomic mass is 32.2. The first-order valence-corrected chi connectivity index (χ1v) is 6.36. The predicted octanol–water partition coefficient (Wildman–Crippen LogP) is 3.30. The van der Waals surface area contributed by atoms with E-state index in [0.29, 0.717) is 10.8 Å². The molecule has 1 N–H and O–H groups in total. The number of hydrogen-bond acceptors (Lipinski definition) is 2. The third-order valence-electron chi connectivity index (χ3n) is 1.98. The summed E-state index contributed by atoms with van der Waals surface area (Å²) in [5, 5.41) is 3.25. The van der Waals surface area contributed by atoms with Gasteiger partial charge in [-0.05, 0) is 30.7 Å². The van der Waals surface area contributed by atoms with E-state index in [4.69, 9.17) is 0 Å².